The van der Waals surface area contributed by atoms with Gasteiger partial charge in [-0.15, -0.1) is 0 Å². The standard InChI is InChI=1S/C9H7ClN2O2/c1-2-14-9(13)8-6(10)3-4-12-7(8)5-11/h3-4H,2H2,1H3. The number of carbonyl (C=O) groups is 1. The first-order valence-electron chi connectivity index (χ1n) is 3.92. The van der Waals surface area contributed by atoms with Crippen LogP contribution in [-0.2, 0) is 4.74 Å². The summed E-state index contributed by atoms with van der Waals surface area (Å²) < 4.78 is 4.74. The molecule has 0 saturated carbocycles. The summed E-state index contributed by atoms with van der Waals surface area (Å²) in [4.78, 5) is 15.1. The Balaban J connectivity index is 3.18. The van der Waals surface area contributed by atoms with Crippen LogP contribution in [0.25, 0.3) is 0 Å². The predicted molar refractivity (Wildman–Crippen MR) is 49.9 cm³/mol. The zero-order chi connectivity index (χ0) is 10.6. The Morgan fingerprint density at radius 1 is 1.79 bits per heavy atom. The topological polar surface area (TPSA) is 63.0 Å². The third kappa shape index (κ3) is 2.01. The van der Waals surface area contributed by atoms with Crippen molar-refractivity contribution >= 4 is 17.6 Å². The molecule has 0 radical (unpaired) electrons. The molecular formula is C9H7ClN2O2. The number of hydrogen-bond donors (Lipinski definition) is 0. The van der Waals surface area contributed by atoms with Crippen molar-refractivity contribution < 1.29 is 9.53 Å². The van der Waals surface area contributed by atoms with Gasteiger partial charge in [-0.2, -0.15) is 5.26 Å². The summed E-state index contributed by atoms with van der Waals surface area (Å²) in [5, 5.41) is 8.86. The van der Waals surface area contributed by atoms with Crippen LogP contribution in [0.1, 0.15) is 23.0 Å². The Bertz CT molecular complexity index is 398. The van der Waals surface area contributed by atoms with Crippen molar-refractivity contribution in [3.63, 3.8) is 0 Å². The minimum atomic E-state index is -0.623. The number of rotatable bonds is 2. The quantitative estimate of drug-likeness (QED) is 0.698. The first-order chi connectivity index (χ1) is 6.70. The fraction of sp³-hybridized carbons (Fsp3) is 0.222. The van der Waals surface area contributed by atoms with Crippen molar-refractivity contribution in [1.29, 1.82) is 5.26 Å². The predicted octanol–water partition coefficient (Wildman–Crippen LogP) is 1.78. The second-order valence-electron chi connectivity index (χ2n) is 2.35. The zero-order valence-corrected chi connectivity index (χ0v) is 8.21. The minimum Gasteiger partial charge on any atom is -0.462 e. The largest absolute Gasteiger partial charge is 0.462 e. The van der Waals surface area contributed by atoms with Crippen LogP contribution in [0.2, 0.25) is 5.02 Å². The van der Waals surface area contributed by atoms with Gasteiger partial charge in [0, 0.05) is 6.20 Å². The van der Waals surface area contributed by atoms with Crippen LogP contribution >= 0.6 is 11.6 Å². The highest BCUT2D eigenvalue weighted by Crippen LogP contribution is 2.18. The molecule has 0 aliphatic carbocycles. The maximum absolute atomic E-state index is 11.3. The lowest BCUT2D eigenvalue weighted by Gasteiger charge is -2.04. The van der Waals surface area contributed by atoms with Gasteiger partial charge in [-0.05, 0) is 13.0 Å². The molecule has 0 atom stereocenters. The molecule has 0 aromatic carbocycles. The molecule has 0 aliphatic rings. The Morgan fingerprint density at radius 2 is 2.50 bits per heavy atom. The Hall–Kier alpha value is -1.60. The summed E-state index contributed by atoms with van der Waals surface area (Å²) in [6.07, 6.45) is 1.36. The highest BCUT2D eigenvalue weighted by molar-refractivity contribution is 6.33. The SMILES string of the molecule is CCOC(=O)c1c(Cl)ccnc1C#N. The Kier molecular flexibility index (Phi) is 3.43. The van der Waals surface area contributed by atoms with Gasteiger partial charge in [0.05, 0.1) is 11.6 Å². The van der Waals surface area contributed by atoms with E-state index in [0.717, 1.165) is 0 Å². The molecular weight excluding hydrogens is 204 g/mol. The van der Waals surface area contributed by atoms with Crippen LogP contribution < -0.4 is 0 Å². The lowest BCUT2D eigenvalue weighted by atomic mass is 10.2. The molecule has 1 aromatic rings. The van der Waals surface area contributed by atoms with Gasteiger partial charge in [0.15, 0.2) is 5.69 Å². The third-order valence-corrected chi connectivity index (χ3v) is 1.80. The van der Waals surface area contributed by atoms with Gasteiger partial charge < -0.3 is 4.74 Å². The average molecular weight is 211 g/mol. The normalized spacial score (nSPS) is 9.21. The molecule has 72 valence electrons. The number of aromatic nitrogens is 1. The number of nitrogens with zero attached hydrogens (tertiary/aromatic N) is 2. The molecule has 4 nitrogen and oxygen atoms in total. The van der Waals surface area contributed by atoms with Gasteiger partial charge in [-0.1, -0.05) is 11.6 Å². The molecule has 0 bridgehead atoms. The summed E-state index contributed by atoms with van der Waals surface area (Å²) in [5.41, 5.74) is 0.00877. The van der Waals surface area contributed by atoms with Gasteiger partial charge in [-0.25, -0.2) is 9.78 Å². The Labute approximate surface area is 86.1 Å². The van der Waals surface area contributed by atoms with E-state index in [0.29, 0.717) is 0 Å². The number of halogens is 1. The molecule has 0 unspecified atom stereocenters. The van der Waals surface area contributed by atoms with Gasteiger partial charge in [-0.3, -0.25) is 0 Å². The molecule has 1 aromatic heterocycles. The summed E-state index contributed by atoms with van der Waals surface area (Å²) in [6, 6.07) is 3.22. The van der Waals surface area contributed by atoms with E-state index in [2.05, 4.69) is 4.98 Å². The summed E-state index contributed by atoms with van der Waals surface area (Å²) in [7, 11) is 0. The molecule has 0 aliphatic heterocycles. The molecule has 0 fully saturated rings. The summed E-state index contributed by atoms with van der Waals surface area (Å²) in [6.45, 7) is 1.91. The van der Waals surface area contributed by atoms with Gasteiger partial charge >= 0.3 is 5.97 Å². The van der Waals surface area contributed by atoms with Gasteiger partial charge in [0.1, 0.15) is 11.6 Å². The van der Waals surface area contributed by atoms with Gasteiger partial charge in [0.25, 0.3) is 0 Å². The first-order valence-corrected chi connectivity index (χ1v) is 4.30. The number of nitriles is 1. The molecule has 0 saturated heterocycles. The van der Waals surface area contributed by atoms with Gasteiger partial charge in [0.2, 0.25) is 0 Å². The van der Waals surface area contributed by atoms with Crippen LogP contribution in [0.5, 0.6) is 0 Å². The van der Waals surface area contributed by atoms with E-state index >= 15 is 0 Å². The maximum Gasteiger partial charge on any atom is 0.342 e. The number of esters is 1. The number of pyridine rings is 1. The minimum absolute atomic E-state index is 0.0176. The Morgan fingerprint density at radius 3 is 3.07 bits per heavy atom. The fourth-order valence-corrected chi connectivity index (χ4v) is 1.14. The highest BCUT2D eigenvalue weighted by Gasteiger charge is 2.17. The zero-order valence-electron chi connectivity index (χ0n) is 7.45. The molecule has 0 spiro atoms. The van der Waals surface area contributed by atoms with E-state index in [9.17, 15) is 4.79 Å². The molecule has 5 heteroatoms. The summed E-state index contributed by atoms with van der Waals surface area (Å²) >= 11 is 5.75. The monoisotopic (exact) mass is 210 g/mol. The van der Waals surface area contributed by atoms with Crippen molar-refractivity contribution in [2.45, 2.75) is 6.92 Å². The molecule has 0 amide bonds. The lowest BCUT2D eigenvalue weighted by Crippen LogP contribution is -2.08. The third-order valence-electron chi connectivity index (χ3n) is 1.49. The van der Waals surface area contributed by atoms with E-state index in [4.69, 9.17) is 21.6 Å². The van der Waals surface area contributed by atoms with Crippen LogP contribution in [0.4, 0.5) is 0 Å². The number of carbonyl (C=O) groups excluding carboxylic acids is 1. The summed E-state index contributed by atoms with van der Waals surface area (Å²) in [5.74, 6) is -0.623. The smallest absolute Gasteiger partial charge is 0.342 e. The first kappa shape index (κ1) is 10.5. The van der Waals surface area contributed by atoms with E-state index in [1.165, 1.54) is 12.3 Å². The lowest BCUT2D eigenvalue weighted by molar-refractivity contribution is 0.0525. The van der Waals surface area contributed by atoms with Crippen molar-refractivity contribution in [2.24, 2.45) is 0 Å². The van der Waals surface area contributed by atoms with E-state index in [1.807, 2.05) is 0 Å². The van der Waals surface area contributed by atoms with Crippen LogP contribution in [0.3, 0.4) is 0 Å². The fourth-order valence-electron chi connectivity index (χ4n) is 0.920. The van der Waals surface area contributed by atoms with Crippen molar-refractivity contribution in [3.05, 3.63) is 28.5 Å². The average Bonchev–Trinajstić information content (AvgIpc) is 2.17. The maximum atomic E-state index is 11.3. The van der Waals surface area contributed by atoms with Crippen molar-refractivity contribution in [3.8, 4) is 6.07 Å². The van der Waals surface area contributed by atoms with Crippen molar-refractivity contribution in [2.75, 3.05) is 6.61 Å². The van der Waals surface area contributed by atoms with Crippen LogP contribution in [0, 0.1) is 11.3 Å². The number of hydrogen-bond acceptors (Lipinski definition) is 4. The molecule has 1 rings (SSSR count). The highest BCUT2D eigenvalue weighted by atomic mass is 35.5. The van der Waals surface area contributed by atoms with E-state index in [1.54, 1.807) is 13.0 Å². The van der Waals surface area contributed by atoms with Crippen molar-refractivity contribution in [1.82, 2.24) is 4.98 Å². The molecule has 14 heavy (non-hydrogen) atoms. The molecule has 0 N–H and O–H groups in total. The second-order valence-corrected chi connectivity index (χ2v) is 2.76. The van der Waals surface area contributed by atoms with E-state index in [-0.39, 0.29) is 22.9 Å². The van der Waals surface area contributed by atoms with Crippen LogP contribution in [-0.4, -0.2) is 17.6 Å². The van der Waals surface area contributed by atoms with E-state index < -0.39 is 5.97 Å². The molecule has 1 heterocycles. The number of ether oxygens (including phenoxy) is 1. The van der Waals surface area contributed by atoms with Crippen LogP contribution in [0.15, 0.2) is 12.3 Å². The second kappa shape index (κ2) is 4.58.